The molecule has 0 aliphatic heterocycles. The van der Waals surface area contributed by atoms with Gasteiger partial charge in [0.25, 0.3) is 0 Å². The van der Waals surface area contributed by atoms with Gasteiger partial charge in [-0.15, -0.1) is 0 Å². The molecule has 0 radical (unpaired) electrons. The Bertz CT molecular complexity index is 791. The summed E-state index contributed by atoms with van der Waals surface area (Å²) in [6.07, 6.45) is 0.488. The Kier molecular flexibility index (Phi) is 6.27. The van der Waals surface area contributed by atoms with Crippen molar-refractivity contribution in [1.82, 2.24) is 4.72 Å². The van der Waals surface area contributed by atoms with Crippen LogP contribution in [0.3, 0.4) is 0 Å². The normalized spacial score (nSPS) is 11.2. The van der Waals surface area contributed by atoms with Gasteiger partial charge in [0.05, 0.1) is 26.2 Å². The second kappa shape index (κ2) is 8.22. The van der Waals surface area contributed by atoms with Gasteiger partial charge in [-0.3, -0.25) is 0 Å². The van der Waals surface area contributed by atoms with Gasteiger partial charge >= 0.3 is 0 Å². The molecule has 2 aromatic carbocycles. The van der Waals surface area contributed by atoms with Gasteiger partial charge in [0.1, 0.15) is 0 Å². The summed E-state index contributed by atoms with van der Waals surface area (Å²) in [7, 11) is 1.09. The molecule has 0 aliphatic rings. The first kappa shape index (κ1) is 19.1. The number of hydrogen-bond acceptors (Lipinski definition) is 5. The highest BCUT2D eigenvalue weighted by Gasteiger charge is 2.15. The first-order valence-electron chi connectivity index (χ1n) is 7.76. The maximum atomic E-state index is 12.3. The van der Waals surface area contributed by atoms with Crippen molar-refractivity contribution in [1.29, 1.82) is 0 Å². The Balaban J connectivity index is 2.10. The SMILES string of the molecule is COc1cc(CCNS(=O)(=O)c2ccc(C)cc2)cc(OC)c1OC. The lowest BCUT2D eigenvalue weighted by Crippen LogP contribution is -2.26. The topological polar surface area (TPSA) is 73.9 Å². The molecule has 0 unspecified atom stereocenters. The van der Waals surface area contributed by atoms with Crippen LogP contribution < -0.4 is 18.9 Å². The van der Waals surface area contributed by atoms with E-state index in [1.165, 1.54) is 7.11 Å². The third-order valence-electron chi connectivity index (χ3n) is 3.76. The zero-order valence-electron chi connectivity index (χ0n) is 14.8. The van der Waals surface area contributed by atoms with Crippen LogP contribution in [0.1, 0.15) is 11.1 Å². The van der Waals surface area contributed by atoms with Gasteiger partial charge in [-0.1, -0.05) is 17.7 Å². The van der Waals surface area contributed by atoms with Gasteiger partial charge in [-0.05, 0) is 43.2 Å². The van der Waals surface area contributed by atoms with Gasteiger partial charge in [0.15, 0.2) is 11.5 Å². The number of benzene rings is 2. The van der Waals surface area contributed by atoms with E-state index in [2.05, 4.69) is 4.72 Å². The van der Waals surface area contributed by atoms with E-state index in [1.807, 2.05) is 19.1 Å². The van der Waals surface area contributed by atoms with Crippen molar-refractivity contribution < 1.29 is 22.6 Å². The summed E-state index contributed by atoms with van der Waals surface area (Å²) in [5.41, 5.74) is 1.89. The summed E-state index contributed by atoms with van der Waals surface area (Å²) >= 11 is 0. The maximum Gasteiger partial charge on any atom is 0.240 e. The van der Waals surface area contributed by atoms with Crippen LogP contribution in [-0.2, 0) is 16.4 Å². The first-order chi connectivity index (χ1) is 11.9. The Morgan fingerprint density at radius 1 is 0.920 bits per heavy atom. The molecule has 0 atom stereocenters. The van der Waals surface area contributed by atoms with E-state index in [-0.39, 0.29) is 11.4 Å². The zero-order valence-corrected chi connectivity index (χ0v) is 15.6. The van der Waals surface area contributed by atoms with Crippen LogP contribution in [0.25, 0.3) is 0 Å². The van der Waals surface area contributed by atoms with Crippen molar-refractivity contribution in [3.05, 3.63) is 47.5 Å². The third-order valence-corrected chi connectivity index (χ3v) is 5.24. The van der Waals surface area contributed by atoms with E-state index in [0.717, 1.165) is 11.1 Å². The lowest BCUT2D eigenvalue weighted by molar-refractivity contribution is 0.324. The molecular formula is C18H23NO5S. The molecule has 2 rings (SSSR count). The number of ether oxygens (including phenoxy) is 3. The zero-order chi connectivity index (χ0) is 18.4. The number of hydrogen-bond donors (Lipinski definition) is 1. The van der Waals surface area contributed by atoms with E-state index in [4.69, 9.17) is 14.2 Å². The summed E-state index contributed by atoms with van der Waals surface area (Å²) in [4.78, 5) is 0.253. The van der Waals surface area contributed by atoms with Crippen LogP contribution in [0.2, 0.25) is 0 Å². The number of nitrogens with one attached hydrogen (secondary N) is 1. The summed E-state index contributed by atoms with van der Waals surface area (Å²) in [6.45, 7) is 2.17. The minimum Gasteiger partial charge on any atom is -0.493 e. The molecule has 0 spiro atoms. The largest absolute Gasteiger partial charge is 0.493 e. The highest BCUT2D eigenvalue weighted by atomic mass is 32.2. The van der Waals surface area contributed by atoms with E-state index < -0.39 is 10.0 Å². The van der Waals surface area contributed by atoms with E-state index >= 15 is 0 Å². The van der Waals surface area contributed by atoms with Crippen molar-refractivity contribution in [3.8, 4) is 17.2 Å². The van der Waals surface area contributed by atoms with Crippen LogP contribution in [-0.4, -0.2) is 36.3 Å². The molecular weight excluding hydrogens is 342 g/mol. The van der Waals surface area contributed by atoms with Crippen LogP contribution >= 0.6 is 0 Å². The van der Waals surface area contributed by atoms with Gasteiger partial charge in [0.2, 0.25) is 15.8 Å². The fourth-order valence-corrected chi connectivity index (χ4v) is 3.44. The fourth-order valence-electron chi connectivity index (χ4n) is 2.41. The van der Waals surface area contributed by atoms with Crippen LogP contribution in [0, 0.1) is 6.92 Å². The molecule has 0 heterocycles. The van der Waals surface area contributed by atoms with Crippen molar-refractivity contribution in [3.63, 3.8) is 0 Å². The van der Waals surface area contributed by atoms with Crippen molar-refractivity contribution in [2.24, 2.45) is 0 Å². The number of methoxy groups -OCH3 is 3. The monoisotopic (exact) mass is 365 g/mol. The minimum atomic E-state index is -3.53. The van der Waals surface area contributed by atoms with Crippen molar-refractivity contribution in [2.75, 3.05) is 27.9 Å². The molecule has 7 heteroatoms. The number of rotatable bonds is 8. The Morgan fingerprint density at radius 2 is 1.48 bits per heavy atom. The maximum absolute atomic E-state index is 12.3. The molecule has 0 aliphatic carbocycles. The standard InChI is InChI=1S/C18H23NO5S/c1-13-5-7-15(8-6-13)25(20,21)19-10-9-14-11-16(22-2)18(24-4)17(12-14)23-3/h5-8,11-12,19H,9-10H2,1-4H3. The van der Waals surface area contributed by atoms with E-state index in [0.29, 0.717) is 23.7 Å². The first-order valence-corrected chi connectivity index (χ1v) is 9.25. The Morgan fingerprint density at radius 3 is 1.96 bits per heavy atom. The minimum absolute atomic E-state index is 0.253. The Labute approximate surface area is 148 Å². The van der Waals surface area contributed by atoms with Gasteiger partial charge in [0, 0.05) is 6.54 Å². The second-order valence-electron chi connectivity index (χ2n) is 5.49. The molecule has 6 nitrogen and oxygen atoms in total. The molecule has 0 bridgehead atoms. The average Bonchev–Trinajstić information content (AvgIpc) is 2.61. The van der Waals surface area contributed by atoms with Gasteiger partial charge in [-0.2, -0.15) is 0 Å². The molecule has 0 saturated heterocycles. The lowest BCUT2D eigenvalue weighted by atomic mass is 10.1. The van der Waals surface area contributed by atoms with Gasteiger partial charge in [-0.25, -0.2) is 13.1 Å². The molecule has 0 saturated carbocycles. The van der Waals surface area contributed by atoms with Gasteiger partial charge < -0.3 is 14.2 Å². The van der Waals surface area contributed by atoms with Crippen LogP contribution in [0.5, 0.6) is 17.2 Å². The van der Waals surface area contributed by atoms with Crippen LogP contribution in [0.15, 0.2) is 41.3 Å². The number of aryl methyl sites for hydroxylation is 1. The second-order valence-corrected chi connectivity index (χ2v) is 7.26. The predicted molar refractivity (Wildman–Crippen MR) is 96.2 cm³/mol. The summed E-state index contributed by atoms with van der Waals surface area (Å²) in [6, 6.07) is 10.3. The smallest absolute Gasteiger partial charge is 0.240 e. The summed E-state index contributed by atoms with van der Waals surface area (Å²) < 4.78 is 43.1. The molecule has 0 amide bonds. The number of sulfonamides is 1. The van der Waals surface area contributed by atoms with Crippen molar-refractivity contribution >= 4 is 10.0 Å². The molecule has 0 fully saturated rings. The summed E-state index contributed by atoms with van der Waals surface area (Å²) in [5.74, 6) is 1.59. The third kappa shape index (κ3) is 4.64. The molecule has 25 heavy (non-hydrogen) atoms. The van der Waals surface area contributed by atoms with Crippen LogP contribution in [0.4, 0.5) is 0 Å². The Hall–Kier alpha value is -2.25. The molecule has 1 N–H and O–H groups in total. The highest BCUT2D eigenvalue weighted by Crippen LogP contribution is 2.38. The molecule has 136 valence electrons. The van der Waals surface area contributed by atoms with E-state index in [9.17, 15) is 8.42 Å². The molecule has 0 aromatic heterocycles. The van der Waals surface area contributed by atoms with Crippen molar-refractivity contribution in [2.45, 2.75) is 18.2 Å². The quantitative estimate of drug-likeness (QED) is 0.778. The highest BCUT2D eigenvalue weighted by molar-refractivity contribution is 7.89. The fraction of sp³-hybridized carbons (Fsp3) is 0.333. The van der Waals surface area contributed by atoms with E-state index in [1.54, 1.807) is 38.5 Å². The summed E-state index contributed by atoms with van der Waals surface area (Å²) in [5, 5.41) is 0. The molecule has 2 aromatic rings. The average molecular weight is 365 g/mol. The lowest BCUT2D eigenvalue weighted by Gasteiger charge is -2.14. The predicted octanol–water partition coefficient (Wildman–Crippen LogP) is 2.54.